The summed E-state index contributed by atoms with van der Waals surface area (Å²) in [6, 6.07) is 13.8. The molecule has 136 valence electrons. The summed E-state index contributed by atoms with van der Waals surface area (Å²) in [5.41, 5.74) is 4.43. The lowest BCUT2D eigenvalue weighted by Gasteiger charge is -2.24. The molecule has 2 aromatic heterocycles. The third-order valence-corrected chi connectivity index (χ3v) is 4.45. The maximum atomic E-state index is 12.2. The number of amides is 1. The Morgan fingerprint density at radius 1 is 1.07 bits per heavy atom. The standard InChI is InChI=1S/C20H20N6O/c1-14-7-8-17-19(24-14)20(23-13-22-17)21-11-12-26-18(27)10-9-16(25-26)15-5-3-2-4-6-15/h2-8,13H,9-12H2,1H3,(H,21,22,23). The van der Waals surface area contributed by atoms with Crippen molar-refractivity contribution in [1.29, 1.82) is 0 Å². The molecule has 0 radical (unpaired) electrons. The van der Waals surface area contributed by atoms with Gasteiger partial charge in [0.15, 0.2) is 5.82 Å². The molecule has 1 N–H and O–H groups in total. The van der Waals surface area contributed by atoms with Gasteiger partial charge in [-0.05, 0) is 24.6 Å². The molecule has 1 aromatic carbocycles. The SMILES string of the molecule is Cc1ccc2ncnc(NCCN3N=C(c4ccccc4)CCC3=O)c2n1. The number of benzene rings is 1. The maximum Gasteiger partial charge on any atom is 0.243 e. The minimum Gasteiger partial charge on any atom is -0.366 e. The summed E-state index contributed by atoms with van der Waals surface area (Å²) in [6.45, 7) is 2.92. The molecule has 7 heteroatoms. The molecule has 0 bridgehead atoms. The number of aryl methyl sites for hydroxylation is 1. The lowest BCUT2D eigenvalue weighted by Crippen LogP contribution is -2.35. The van der Waals surface area contributed by atoms with Crippen LogP contribution in [0.25, 0.3) is 11.0 Å². The first-order valence-electron chi connectivity index (χ1n) is 8.96. The molecule has 1 aliphatic heterocycles. The Bertz CT molecular complexity index is 1000. The van der Waals surface area contributed by atoms with Gasteiger partial charge in [0, 0.05) is 25.1 Å². The molecule has 0 atom stereocenters. The molecule has 1 aliphatic rings. The third-order valence-electron chi connectivity index (χ3n) is 4.45. The predicted molar refractivity (Wildman–Crippen MR) is 104 cm³/mol. The van der Waals surface area contributed by atoms with Gasteiger partial charge in [0.1, 0.15) is 11.8 Å². The number of carbonyl (C=O) groups excluding carboxylic acids is 1. The first-order valence-corrected chi connectivity index (χ1v) is 8.96. The Hall–Kier alpha value is -3.35. The topological polar surface area (TPSA) is 83.4 Å². The lowest BCUT2D eigenvalue weighted by atomic mass is 10.0. The number of fused-ring (bicyclic) bond motifs is 1. The zero-order chi connectivity index (χ0) is 18.6. The fourth-order valence-electron chi connectivity index (χ4n) is 3.06. The number of rotatable bonds is 5. The summed E-state index contributed by atoms with van der Waals surface area (Å²) in [5, 5.41) is 9.36. The number of nitrogens with zero attached hydrogens (tertiary/aromatic N) is 5. The Morgan fingerprint density at radius 3 is 2.78 bits per heavy atom. The summed E-state index contributed by atoms with van der Waals surface area (Å²) in [7, 11) is 0. The molecule has 0 fully saturated rings. The predicted octanol–water partition coefficient (Wildman–Crippen LogP) is 2.77. The highest BCUT2D eigenvalue weighted by Gasteiger charge is 2.21. The molecule has 3 aromatic rings. The molecule has 1 amide bonds. The van der Waals surface area contributed by atoms with Crippen molar-refractivity contribution in [2.45, 2.75) is 19.8 Å². The lowest BCUT2D eigenvalue weighted by molar-refractivity contribution is -0.131. The van der Waals surface area contributed by atoms with Crippen molar-refractivity contribution < 1.29 is 4.79 Å². The number of aromatic nitrogens is 3. The Balaban J connectivity index is 1.47. The van der Waals surface area contributed by atoms with Gasteiger partial charge in [-0.15, -0.1) is 0 Å². The van der Waals surface area contributed by atoms with Gasteiger partial charge in [-0.3, -0.25) is 4.79 Å². The summed E-state index contributed by atoms with van der Waals surface area (Å²) in [6.07, 6.45) is 2.66. The number of nitrogens with one attached hydrogen (secondary N) is 1. The van der Waals surface area contributed by atoms with Crippen LogP contribution in [0.5, 0.6) is 0 Å². The summed E-state index contributed by atoms with van der Waals surface area (Å²) in [4.78, 5) is 25.3. The van der Waals surface area contributed by atoms with E-state index in [2.05, 4.69) is 25.4 Å². The highest BCUT2D eigenvalue weighted by molar-refractivity contribution is 6.04. The monoisotopic (exact) mass is 360 g/mol. The van der Waals surface area contributed by atoms with E-state index in [0.29, 0.717) is 31.7 Å². The summed E-state index contributed by atoms with van der Waals surface area (Å²) < 4.78 is 0. The second kappa shape index (κ2) is 7.49. The molecule has 0 unspecified atom stereocenters. The second-order valence-corrected chi connectivity index (χ2v) is 6.40. The molecule has 3 heterocycles. The highest BCUT2D eigenvalue weighted by atomic mass is 16.2. The van der Waals surface area contributed by atoms with Crippen molar-refractivity contribution in [3.8, 4) is 0 Å². The van der Waals surface area contributed by atoms with Gasteiger partial charge in [0.05, 0.1) is 17.8 Å². The van der Waals surface area contributed by atoms with Crippen LogP contribution in [0.3, 0.4) is 0 Å². The first kappa shape index (κ1) is 17.1. The number of hydrazone groups is 1. The van der Waals surface area contributed by atoms with E-state index in [0.717, 1.165) is 28.0 Å². The number of pyridine rings is 1. The fourth-order valence-corrected chi connectivity index (χ4v) is 3.06. The van der Waals surface area contributed by atoms with Crippen LogP contribution in [0, 0.1) is 6.92 Å². The molecule has 0 saturated heterocycles. The van der Waals surface area contributed by atoms with Crippen LogP contribution in [0.4, 0.5) is 5.82 Å². The number of hydrogen-bond donors (Lipinski definition) is 1. The average molecular weight is 360 g/mol. The van der Waals surface area contributed by atoms with Gasteiger partial charge < -0.3 is 5.32 Å². The second-order valence-electron chi connectivity index (χ2n) is 6.40. The van der Waals surface area contributed by atoms with Crippen molar-refractivity contribution in [2.75, 3.05) is 18.4 Å². The van der Waals surface area contributed by atoms with Crippen LogP contribution >= 0.6 is 0 Å². The van der Waals surface area contributed by atoms with E-state index < -0.39 is 0 Å². The highest BCUT2D eigenvalue weighted by Crippen LogP contribution is 2.18. The summed E-state index contributed by atoms with van der Waals surface area (Å²) in [5.74, 6) is 0.707. The summed E-state index contributed by atoms with van der Waals surface area (Å²) >= 11 is 0. The molecule has 0 aliphatic carbocycles. The average Bonchev–Trinajstić information content (AvgIpc) is 2.70. The van der Waals surface area contributed by atoms with Crippen LogP contribution in [-0.4, -0.2) is 44.7 Å². The number of anilines is 1. The molecule has 0 spiro atoms. The van der Waals surface area contributed by atoms with Gasteiger partial charge in [-0.25, -0.2) is 20.0 Å². The van der Waals surface area contributed by atoms with Gasteiger partial charge in [-0.1, -0.05) is 30.3 Å². The molecule has 27 heavy (non-hydrogen) atoms. The quantitative estimate of drug-likeness (QED) is 0.756. The van der Waals surface area contributed by atoms with E-state index in [9.17, 15) is 4.79 Å². The van der Waals surface area contributed by atoms with Crippen molar-refractivity contribution in [3.63, 3.8) is 0 Å². The molecular formula is C20H20N6O. The van der Waals surface area contributed by atoms with E-state index in [1.165, 1.54) is 6.33 Å². The van der Waals surface area contributed by atoms with E-state index in [1.807, 2.05) is 49.4 Å². The minimum atomic E-state index is 0.0398. The first-order chi connectivity index (χ1) is 13.2. The zero-order valence-corrected chi connectivity index (χ0v) is 15.1. The normalized spacial score (nSPS) is 14.3. The molecule has 7 nitrogen and oxygen atoms in total. The number of hydrogen-bond acceptors (Lipinski definition) is 6. The van der Waals surface area contributed by atoms with Crippen molar-refractivity contribution in [2.24, 2.45) is 5.10 Å². The van der Waals surface area contributed by atoms with Crippen LogP contribution in [-0.2, 0) is 4.79 Å². The van der Waals surface area contributed by atoms with E-state index in [-0.39, 0.29) is 5.91 Å². The van der Waals surface area contributed by atoms with Crippen molar-refractivity contribution >= 4 is 28.5 Å². The van der Waals surface area contributed by atoms with E-state index in [4.69, 9.17) is 0 Å². The Morgan fingerprint density at radius 2 is 1.93 bits per heavy atom. The van der Waals surface area contributed by atoms with Crippen LogP contribution in [0.2, 0.25) is 0 Å². The van der Waals surface area contributed by atoms with Gasteiger partial charge in [-0.2, -0.15) is 5.10 Å². The largest absolute Gasteiger partial charge is 0.366 e. The fraction of sp³-hybridized carbons (Fsp3) is 0.250. The zero-order valence-electron chi connectivity index (χ0n) is 15.1. The smallest absolute Gasteiger partial charge is 0.243 e. The number of carbonyl (C=O) groups is 1. The van der Waals surface area contributed by atoms with Crippen LogP contribution in [0.1, 0.15) is 24.1 Å². The van der Waals surface area contributed by atoms with Crippen molar-refractivity contribution in [3.05, 3.63) is 60.0 Å². The van der Waals surface area contributed by atoms with Gasteiger partial charge >= 0.3 is 0 Å². The van der Waals surface area contributed by atoms with E-state index >= 15 is 0 Å². The molecule has 4 rings (SSSR count). The minimum absolute atomic E-state index is 0.0398. The van der Waals surface area contributed by atoms with Gasteiger partial charge in [0.2, 0.25) is 5.91 Å². The Kier molecular flexibility index (Phi) is 4.74. The maximum absolute atomic E-state index is 12.2. The molecule has 0 saturated carbocycles. The third kappa shape index (κ3) is 3.76. The Labute approximate surface area is 157 Å². The van der Waals surface area contributed by atoms with Crippen molar-refractivity contribution in [1.82, 2.24) is 20.0 Å². The van der Waals surface area contributed by atoms with E-state index in [1.54, 1.807) is 5.01 Å². The van der Waals surface area contributed by atoms with Gasteiger partial charge in [0.25, 0.3) is 0 Å². The van der Waals surface area contributed by atoms with Crippen LogP contribution < -0.4 is 5.32 Å². The van der Waals surface area contributed by atoms with Crippen LogP contribution in [0.15, 0.2) is 53.9 Å². The molecular weight excluding hydrogens is 340 g/mol.